The molecule has 1 aromatic carbocycles. The lowest BCUT2D eigenvalue weighted by atomic mass is 10.1. The van der Waals surface area contributed by atoms with Gasteiger partial charge in [0.05, 0.1) is 12.1 Å². The Morgan fingerprint density at radius 1 is 1.11 bits per heavy atom. The van der Waals surface area contributed by atoms with Gasteiger partial charge in [0.25, 0.3) is 0 Å². The summed E-state index contributed by atoms with van der Waals surface area (Å²) in [5, 5.41) is 7.27. The first-order valence-corrected chi connectivity index (χ1v) is 15.7. The molecule has 2 aromatic rings. The molecule has 190 valence electrons. The van der Waals surface area contributed by atoms with E-state index in [9.17, 15) is 4.79 Å². The molecule has 4 atom stereocenters. The zero-order chi connectivity index (χ0) is 25.2. The topological polar surface area (TPSA) is 85.4 Å². The van der Waals surface area contributed by atoms with Gasteiger partial charge in [-0.3, -0.25) is 4.79 Å². The quantitative estimate of drug-likeness (QED) is 0.357. The standard InChI is InChI=1S/C27H40N4O3Si/c1-18(32)34-24-14-19(16-33-35(5,6)27(2,3)4)13-23(24)31-26-15-25(28-17-29-26)30-22-12-11-20-9-7-8-10-21(20)22/h7-10,15,17,19,22-24H,11-14,16H2,1-6H3,(H2,28,29,30,31)/t19-,22+,23-,24-/m1/s1. The van der Waals surface area contributed by atoms with Gasteiger partial charge in [-0.05, 0) is 60.9 Å². The van der Waals surface area contributed by atoms with E-state index in [1.165, 1.54) is 18.1 Å². The molecule has 0 saturated heterocycles. The average molecular weight is 497 g/mol. The van der Waals surface area contributed by atoms with Crippen molar-refractivity contribution in [1.82, 2.24) is 9.97 Å². The summed E-state index contributed by atoms with van der Waals surface area (Å²) in [6, 6.07) is 10.8. The maximum atomic E-state index is 11.8. The van der Waals surface area contributed by atoms with Gasteiger partial charge in [0.2, 0.25) is 0 Å². The third-order valence-electron chi connectivity index (χ3n) is 7.86. The Kier molecular flexibility index (Phi) is 7.52. The maximum absolute atomic E-state index is 11.8. The number of nitrogens with zero attached hydrogens (tertiary/aromatic N) is 2. The number of esters is 1. The number of carbonyl (C=O) groups excluding carboxylic acids is 1. The van der Waals surface area contributed by atoms with Crippen molar-refractivity contribution >= 4 is 25.9 Å². The van der Waals surface area contributed by atoms with E-state index in [2.05, 4.69) is 78.7 Å². The highest BCUT2D eigenvalue weighted by atomic mass is 28.4. The Balaban J connectivity index is 1.41. The van der Waals surface area contributed by atoms with Crippen molar-refractivity contribution in [1.29, 1.82) is 0 Å². The number of fused-ring (bicyclic) bond motifs is 1. The summed E-state index contributed by atoms with van der Waals surface area (Å²) < 4.78 is 12.2. The molecule has 0 radical (unpaired) electrons. The maximum Gasteiger partial charge on any atom is 0.302 e. The minimum atomic E-state index is -1.83. The van der Waals surface area contributed by atoms with Crippen LogP contribution in [-0.2, 0) is 20.4 Å². The van der Waals surface area contributed by atoms with E-state index in [0.29, 0.717) is 12.5 Å². The molecule has 1 aromatic heterocycles. The van der Waals surface area contributed by atoms with Crippen LogP contribution < -0.4 is 10.6 Å². The molecule has 0 bridgehead atoms. The molecule has 35 heavy (non-hydrogen) atoms. The Labute approximate surface area is 210 Å². The normalized spacial score (nSPS) is 24.2. The van der Waals surface area contributed by atoms with Gasteiger partial charge in [-0.25, -0.2) is 9.97 Å². The van der Waals surface area contributed by atoms with E-state index < -0.39 is 8.32 Å². The molecule has 1 saturated carbocycles. The first-order chi connectivity index (χ1) is 16.5. The fourth-order valence-corrected chi connectivity index (χ4v) is 5.95. The lowest BCUT2D eigenvalue weighted by molar-refractivity contribution is -0.146. The molecule has 0 spiro atoms. The minimum Gasteiger partial charge on any atom is -0.460 e. The molecule has 0 aliphatic heterocycles. The lowest BCUT2D eigenvalue weighted by Gasteiger charge is -2.37. The number of aromatic nitrogens is 2. The van der Waals surface area contributed by atoms with E-state index >= 15 is 0 Å². The van der Waals surface area contributed by atoms with Crippen LogP contribution in [0.25, 0.3) is 0 Å². The molecule has 1 heterocycles. The number of hydrogen-bond acceptors (Lipinski definition) is 7. The number of anilines is 2. The summed E-state index contributed by atoms with van der Waals surface area (Å²) >= 11 is 0. The van der Waals surface area contributed by atoms with Crippen LogP contribution in [-0.4, -0.2) is 43.0 Å². The summed E-state index contributed by atoms with van der Waals surface area (Å²) in [6.45, 7) is 13.5. The number of ether oxygens (including phenoxy) is 1. The zero-order valence-electron chi connectivity index (χ0n) is 21.9. The van der Waals surface area contributed by atoms with Gasteiger partial charge in [0, 0.05) is 19.6 Å². The average Bonchev–Trinajstić information content (AvgIpc) is 3.35. The predicted octanol–water partition coefficient (Wildman–Crippen LogP) is 5.72. The predicted molar refractivity (Wildman–Crippen MR) is 142 cm³/mol. The van der Waals surface area contributed by atoms with Crippen molar-refractivity contribution in [3.63, 3.8) is 0 Å². The van der Waals surface area contributed by atoms with Crippen molar-refractivity contribution in [2.45, 2.75) is 89.7 Å². The van der Waals surface area contributed by atoms with Crippen LogP contribution in [0.1, 0.15) is 64.1 Å². The smallest absolute Gasteiger partial charge is 0.302 e. The number of benzene rings is 1. The first kappa shape index (κ1) is 25.6. The highest BCUT2D eigenvalue weighted by Gasteiger charge is 2.41. The van der Waals surface area contributed by atoms with Crippen LogP contribution in [0.5, 0.6) is 0 Å². The highest BCUT2D eigenvalue weighted by molar-refractivity contribution is 6.74. The van der Waals surface area contributed by atoms with Crippen molar-refractivity contribution in [2.24, 2.45) is 5.92 Å². The molecule has 7 nitrogen and oxygen atoms in total. The largest absolute Gasteiger partial charge is 0.460 e. The second-order valence-corrected chi connectivity index (χ2v) is 16.3. The van der Waals surface area contributed by atoms with Gasteiger partial charge in [-0.15, -0.1) is 0 Å². The van der Waals surface area contributed by atoms with Crippen molar-refractivity contribution in [3.8, 4) is 0 Å². The molecule has 0 unspecified atom stereocenters. The van der Waals surface area contributed by atoms with E-state index in [1.54, 1.807) is 6.33 Å². The van der Waals surface area contributed by atoms with Crippen LogP contribution in [0.4, 0.5) is 11.6 Å². The fourth-order valence-electron chi connectivity index (χ4n) is 4.86. The molecular formula is C27H40N4O3Si. The molecular weight excluding hydrogens is 456 g/mol. The van der Waals surface area contributed by atoms with Gasteiger partial charge >= 0.3 is 5.97 Å². The number of carbonyl (C=O) groups is 1. The van der Waals surface area contributed by atoms with Crippen molar-refractivity contribution < 1.29 is 14.0 Å². The van der Waals surface area contributed by atoms with Crippen LogP contribution in [0.15, 0.2) is 36.7 Å². The van der Waals surface area contributed by atoms with E-state index in [4.69, 9.17) is 9.16 Å². The summed E-state index contributed by atoms with van der Waals surface area (Å²) in [4.78, 5) is 20.7. The number of rotatable bonds is 8. The van der Waals surface area contributed by atoms with E-state index in [0.717, 1.165) is 37.3 Å². The Hall–Kier alpha value is -2.45. The lowest BCUT2D eigenvalue weighted by Crippen LogP contribution is -2.41. The SMILES string of the molecule is CC(=O)O[C@@H]1C[C@H](CO[Si](C)(C)C(C)(C)C)C[C@H]1Nc1cc(N[C@H]2CCc3ccccc32)ncn1. The molecule has 2 aliphatic carbocycles. The van der Waals surface area contributed by atoms with Crippen LogP contribution >= 0.6 is 0 Å². The Morgan fingerprint density at radius 3 is 2.54 bits per heavy atom. The number of aryl methyl sites for hydroxylation is 1. The first-order valence-electron chi connectivity index (χ1n) is 12.8. The van der Waals surface area contributed by atoms with Gasteiger partial charge < -0.3 is 19.8 Å². The fraction of sp³-hybridized carbons (Fsp3) is 0.593. The molecule has 4 rings (SSSR count). The minimum absolute atomic E-state index is 0.0122. The second kappa shape index (κ2) is 10.3. The van der Waals surface area contributed by atoms with Crippen molar-refractivity contribution in [2.75, 3.05) is 17.2 Å². The molecule has 8 heteroatoms. The van der Waals surface area contributed by atoms with Gasteiger partial charge in [-0.1, -0.05) is 45.0 Å². The zero-order valence-corrected chi connectivity index (χ0v) is 22.9. The summed E-state index contributed by atoms with van der Waals surface area (Å²) in [5.41, 5.74) is 2.74. The van der Waals surface area contributed by atoms with Gasteiger partial charge in [0.1, 0.15) is 24.1 Å². The summed E-state index contributed by atoms with van der Waals surface area (Å²) in [6.07, 6.45) is 5.18. The van der Waals surface area contributed by atoms with Crippen LogP contribution in [0, 0.1) is 5.92 Å². The number of hydrogen-bond donors (Lipinski definition) is 2. The third kappa shape index (κ3) is 6.22. The van der Waals surface area contributed by atoms with E-state index in [-0.39, 0.29) is 29.2 Å². The van der Waals surface area contributed by atoms with E-state index in [1.807, 2.05) is 6.07 Å². The Morgan fingerprint density at radius 2 is 1.83 bits per heavy atom. The number of nitrogens with one attached hydrogen (secondary N) is 2. The van der Waals surface area contributed by atoms with Gasteiger partial charge in [0.15, 0.2) is 8.32 Å². The second-order valence-electron chi connectivity index (χ2n) is 11.5. The molecule has 0 amide bonds. The van der Waals surface area contributed by atoms with Crippen LogP contribution in [0.2, 0.25) is 18.1 Å². The third-order valence-corrected chi connectivity index (χ3v) is 12.4. The van der Waals surface area contributed by atoms with Crippen molar-refractivity contribution in [3.05, 3.63) is 47.8 Å². The molecule has 1 fully saturated rings. The Bertz CT molecular complexity index is 1040. The molecule has 2 N–H and O–H groups in total. The summed E-state index contributed by atoms with van der Waals surface area (Å²) in [5.74, 6) is 1.61. The monoisotopic (exact) mass is 496 g/mol. The van der Waals surface area contributed by atoms with Gasteiger partial charge in [-0.2, -0.15) is 0 Å². The summed E-state index contributed by atoms with van der Waals surface area (Å²) in [7, 11) is -1.83. The highest BCUT2D eigenvalue weighted by Crippen LogP contribution is 2.39. The molecule has 2 aliphatic rings. The van der Waals surface area contributed by atoms with Crippen LogP contribution in [0.3, 0.4) is 0 Å².